The Labute approximate surface area is 203 Å². The Hall–Kier alpha value is -2.55. The van der Waals surface area contributed by atoms with Crippen molar-refractivity contribution >= 4 is 18.8 Å². The average Bonchev–Trinajstić information content (AvgIpc) is 3.38. The van der Waals surface area contributed by atoms with E-state index in [2.05, 4.69) is 90.1 Å². The zero-order valence-corrected chi connectivity index (χ0v) is 21.0. The van der Waals surface area contributed by atoms with Crippen LogP contribution in [0.2, 0.25) is 6.32 Å². The third-order valence-electron chi connectivity index (χ3n) is 6.02. The second-order valence-corrected chi connectivity index (χ2v) is 8.75. The number of hydrogen-bond acceptors (Lipinski definition) is 1. The lowest BCUT2D eigenvalue weighted by Crippen LogP contribution is -2.17. The molecule has 0 aliphatic carbocycles. The fraction of sp³-hybridized carbons (Fsp3) is 0.433. The maximum atomic E-state index is 4.03. The van der Waals surface area contributed by atoms with Gasteiger partial charge >= 0.3 is 0 Å². The largest absolute Gasteiger partial charge is 0.337 e. The van der Waals surface area contributed by atoms with Gasteiger partial charge in [0.1, 0.15) is 0 Å². The molecule has 1 aromatic heterocycles. The third kappa shape index (κ3) is 12.3. The minimum absolute atomic E-state index is 1.10. The van der Waals surface area contributed by atoms with Crippen molar-refractivity contribution in [1.29, 1.82) is 0 Å². The van der Waals surface area contributed by atoms with Gasteiger partial charge in [-0.2, -0.15) is 0 Å². The molecule has 176 valence electrons. The predicted molar refractivity (Wildman–Crippen MR) is 148 cm³/mol. The number of imidazole rings is 1. The second kappa shape index (κ2) is 17.9. The Kier molecular flexibility index (Phi) is 14.5. The van der Waals surface area contributed by atoms with E-state index in [1.807, 2.05) is 18.7 Å². The van der Waals surface area contributed by atoms with Crippen LogP contribution in [0, 0.1) is 0 Å². The lowest BCUT2D eigenvalue weighted by Gasteiger charge is -2.04. The molecule has 0 aliphatic heterocycles. The molecule has 0 unspecified atom stereocenters. The maximum absolute atomic E-state index is 4.03. The van der Waals surface area contributed by atoms with E-state index in [0.717, 1.165) is 26.6 Å². The van der Waals surface area contributed by atoms with Gasteiger partial charge in [-0.1, -0.05) is 143 Å². The molecule has 0 atom stereocenters. The highest BCUT2D eigenvalue weighted by atomic mass is 15.0. The molecular weight excluding hydrogens is 399 g/mol. The van der Waals surface area contributed by atoms with Crippen molar-refractivity contribution in [2.45, 2.75) is 84.5 Å². The fourth-order valence-electron chi connectivity index (χ4n) is 4.02. The molecule has 33 heavy (non-hydrogen) atoms. The van der Waals surface area contributed by atoms with Crippen LogP contribution in [-0.4, -0.2) is 16.8 Å². The summed E-state index contributed by atoms with van der Waals surface area (Å²) in [6.45, 7) is 5.62. The number of rotatable bonds is 14. The highest BCUT2D eigenvalue weighted by Gasteiger charge is 1.99. The summed E-state index contributed by atoms with van der Waals surface area (Å²) in [6.07, 6.45) is 23.6. The van der Waals surface area contributed by atoms with Gasteiger partial charge < -0.3 is 4.57 Å². The predicted octanol–water partition coefficient (Wildman–Crippen LogP) is 7.47. The van der Waals surface area contributed by atoms with E-state index < -0.39 is 0 Å². The van der Waals surface area contributed by atoms with Gasteiger partial charge in [0.15, 0.2) is 7.28 Å². The Balaban J connectivity index is 0.000000238. The van der Waals surface area contributed by atoms with Gasteiger partial charge in [0.2, 0.25) is 0 Å². The molecule has 1 heterocycles. The van der Waals surface area contributed by atoms with E-state index in [1.165, 1.54) is 68.0 Å². The first-order valence-corrected chi connectivity index (χ1v) is 13.1. The first-order chi connectivity index (χ1) is 16.3. The Morgan fingerprint density at radius 1 is 0.818 bits per heavy atom. The van der Waals surface area contributed by atoms with Crippen molar-refractivity contribution in [3.05, 3.63) is 90.5 Å². The Bertz CT molecular complexity index is 856. The van der Waals surface area contributed by atoms with Gasteiger partial charge in [0.25, 0.3) is 0 Å². The van der Waals surface area contributed by atoms with Gasteiger partial charge in [0, 0.05) is 18.9 Å². The van der Waals surface area contributed by atoms with Gasteiger partial charge in [-0.3, -0.25) is 0 Å². The molecule has 2 aromatic carbocycles. The number of unbranched alkanes of at least 4 members (excludes halogenated alkanes) is 7. The van der Waals surface area contributed by atoms with Crippen molar-refractivity contribution in [2.24, 2.45) is 0 Å². The van der Waals surface area contributed by atoms with E-state index in [0.29, 0.717) is 0 Å². The normalized spacial score (nSPS) is 10.7. The van der Waals surface area contributed by atoms with Crippen molar-refractivity contribution in [3.8, 4) is 0 Å². The molecular formula is C30H43BN2. The van der Waals surface area contributed by atoms with E-state index in [4.69, 9.17) is 0 Å². The Morgan fingerprint density at radius 2 is 1.52 bits per heavy atom. The summed E-state index contributed by atoms with van der Waals surface area (Å²) in [4.78, 5) is 4.03. The van der Waals surface area contributed by atoms with Crippen molar-refractivity contribution < 1.29 is 0 Å². The van der Waals surface area contributed by atoms with E-state index in [1.54, 1.807) is 0 Å². The quantitative estimate of drug-likeness (QED) is 0.187. The maximum Gasteiger partial charge on any atom is 0.161 e. The smallest absolute Gasteiger partial charge is 0.161 e. The molecule has 0 amide bonds. The number of hydrogen-bond donors (Lipinski definition) is 0. The molecule has 0 fully saturated rings. The topological polar surface area (TPSA) is 17.8 Å². The zero-order chi connectivity index (χ0) is 23.4. The molecule has 0 spiro atoms. The highest BCUT2D eigenvalue weighted by molar-refractivity contribution is 6.54. The van der Waals surface area contributed by atoms with Crippen LogP contribution in [0.15, 0.2) is 79.4 Å². The zero-order valence-electron chi connectivity index (χ0n) is 21.0. The van der Waals surface area contributed by atoms with E-state index in [9.17, 15) is 0 Å². The van der Waals surface area contributed by atoms with Crippen LogP contribution in [0.25, 0.3) is 6.08 Å². The van der Waals surface area contributed by atoms with Crippen LogP contribution >= 0.6 is 0 Å². The lowest BCUT2D eigenvalue weighted by atomic mass is 9.65. The summed E-state index contributed by atoms with van der Waals surface area (Å²) in [7, 11) is 1.13. The SMILES string of the molecule is CCCCCCCCCCn1ccnc1.CCc1ccccc1BCC=Cc1ccccc1. The summed E-state index contributed by atoms with van der Waals surface area (Å²) in [5, 5.41) is 0. The van der Waals surface area contributed by atoms with Gasteiger partial charge in [-0.25, -0.2) is 4.98 Å². The number of aryl methyl sites for hydroxylation is 2. The summed E-state index contributed by atoms with van der Waals surface area (Å²) in [5.41, 5.74) is 4.24. The second-order valence-electron chi connectivity index (χ2n) is 8.75. The summed E-state index contributed by atoms with van der Waals surface area (Å²) in [5.74, 6) is 0. The van der Waals surface area contributed by atoms with Crippen molar-refractivity contribution in [3.63, 3.8) is 0 Å². The molecule has 2 nitrogen and oxygen atoms in total. The average molecular weight is 443 g/mol. The first-order valence-electron chi connectivity index (χ1n) is 13.1. The van der Waals surface area contributed by atoms with E-state index in [-0.39, 0.29) is 0 Å². The molecule has 0 N–H and O–H groups in total. The van der Waals surface area contributed by atoms with Crippen LogP contribution < -0.4 is 5.46 Å². The monoisotopic (exact) mass is 442 g/mol. The number of aromatic nitrogens is 2. The number of nitrogens with zero attached hydrogens (tertiary/aromatic N) is 2. The van der Waals surface area contributed by atoms with Gasteiger partial charge in [-0.05, 0) is 18.4 Å². The van der Waals surface area contributed by atoms with Crippen molar-refractivity contribution in [1.82, 2.24) is 9.55 Å². The van der Waals surface area contributed by atoms with Crippen LogP contribution in [0.5, 0.6) is 0 Å². The third-order valence-corrected chi connectivity index (χ3v) is 6.02. The standard InChI is InChI=1S/C17H19B.C13H24N2/c1-2-16-12-6-7-13-17(16)18-14-8-11-15-9-4-3-5-10-15;1-2-3-4-5-6-7-8-9-11-15-12-10-14-13-15/h3-13,18H,2,14H2,1H3;10,12-13H,2-9,11H2,1H3. The summed E-state index contributed by atoms with van der Waals surface area (Å²) < 4.78 is 2.16. The highest BCUT2D eigenvalue weighted by Crippen LogP contribution is 2.09. The molecule has 3 rings (SSSR count). The number of benzene rings is 2. The minimum atomic E-state index is 1.10. The molecule has 0 saturated heterocycles. The fourth-order valence-corrected chi connectivity index (χ4v) is 4.02. The molecule has 0 bridgehead atoms. The van der Waals surface area contributed by atoms with Crippen LogP contribution in [-0.2, 0) is 13.0 Å². The van der Waals surface area contributed by atoms with Crippen molar-refractivity contribution in [2.75, 3.05) is 0 Å². The molecule has 0 saturated carbocycles. The first kappa shape index (κ1) is 26.7. The Morgan fingerprint density at radius 3 is 2.21 bits per heavy atom. The van der Waals surface area contributed by atoms with E-state index >= 15 is 0 Å². The van der Waals surface area contributed by atoms with Crippen LogP contribution in [0.1, 0.15) is 76.3 Å². The number of allylic oxidation sites excluding steroid dienone is 1. The summed E-state index contributed by atoms with van der Waals surface area (Å²) in [6, 6.07) is 19.2. The lowest BCUT2D eigenvalue weighted by molar-refractivity contribution is 0.543. The molecule has 0 aliphatic rings. The van der Waals surface area contributed by atoms with Crippen LogP contribution in [0.4, 0.5) is 0 Å². The van der Waals surface area contributed by atoms with Gasteiger partial charge in [-0.15, -0.1) is 0 Å². The minimum Gasteiger partial charge on any atom is -0.337 e. The van der Waals surface area contributed by atoms with Crippen LogP contribution in [0.3, 0.4) is 0 Å². The van der Waals surface area contributed by atoms with Gasteiger partial charge in [0.05, 0.1) is 6.33 Å². The summed E-state index contributed by atoms with van der Waals surface area (Å²) >= 11 is 0. The molecule has 3 aromatic rings. The molecule has 0 radical (unpaired) electrons. The molecule has 3 heteroatoms.